The number of fused-ring (bicyclic) bond motifs is 1. The van der Waals surface area contributed by atoms with Crippen molar-refractivity contribution in [3.8, 4) is 0 Å². The first kappa shape index (κ1) is 16.3. The number of hydrogen-bond donors (Lipinski definition) is 2. The van der Waals surface area contributed by atoms with Crippen molar-refractivity contribution < 1.29 is 9.59 Å². The zero-order valence-electron chi connectivity index (χ0n) is 12.5. The van der Waals surface area contributed by atoms with Crippen molar-refractivity contribution in [3.05, 3.63) is 63.5 Å². The Morgan fingerprint density at radius 3 is 2.50 bits per heavy atom. The first-order chi connectivity index (χ1) is 11.4. The predicted molar refractivity (Wildman–Crippen MR) is 92.9 cm³/mol. The summed E-state index contributed by atoms with van der Waals surface area (Å²) >= 11 is 12.1. The molecule has 8 heteroatoms. The Morgan fingerprint density at radius 1 is 1.21 bits per heavy atom. The lowest BCUT2D eigenvalue weighted by Gasteiger charge is -2.07. The lowest BCUT2D eigenvalue weighted by molar-refractivity contribution is 0.0997. The van der Waals surface area contributed by atoms with Crippen LogP contribution in [0.25, 0.3) is 5.65 Å². The molecule has 0 saturated carbocycles. The molecule has 0 saturated heterocycles. The van der Waals surface area contributed by atoms with Gasteiger partial charge in [-0.05, 0) is 37.3 Å². The molecule has 3 rings (SSSR count). The van der Waals surface area contributed by atoms with Crippen molar-refractivity contribution >= 4 is 46.4 Å². The van der Waals surface area contributed by atoms with Crippen LogP contribution >= 0.6 is 23.2 Å². The van der Waals surface area contributed by atoms with E-state index in [1.54, 1.807) is 35.7 Å². The molecule has 6 nitrogen and oxygen atoms in total. The lowest BCUT2D eigenvalue weighted by atomic mass is 10.2. The number of anilines is 1. The van der Waals surface area contributed by atoms with Gasteiger partial charge in [-0.3, -0.25) is 14.0 Å². The maximum Gasteiger partial charge on any atom is 0.274 e. The molecule has 0 unspecified atom stereocenters. The summed E-state index contributed by atoms with van der Waals surface area (Å²) in [6.07, 6.45) is 1.58. The number of aromatic nitrogens is 2. The number of pyridine rings is 1. The highest BCUT2D eigenvalue weighted by Gasteiger charge is 2.19. The second kappa shape index (κ2) is 6.14. The van der Waals surface area contributed by atoms with E-state index in [0.717, 1.165) is 0 Å². The van der Waals surface area contributed by atoms with Crippen LogP contribution in [0.3, 0.4) is 0 Å². The molecule has 0 spiro atoms. The van der Waals surface area contributed by atoms with E-state index in [-0.39, 0.29) is 5.91 Å². The van der Waals surface area contributed by atoms with Gasteiger partial charge >= 0.3 is 0 Å². The SMILES string of the molecule is Cc1nc2c(Cl)cc(Cl)cn2c1C(=O)Nc1ccc(C(N)=O)cc1. The molecule has 122 valence electrons. The maximum atomic E-state index is 12.6. The largest absolute Gasteiger partial charge is 0.366 e. The number of benzene rings is 1. The molecular formula is C16H12Cl2N4O2. The zero-order valence-corrected chi connectivity index (χ0v) is 14.0. The summed E-state index contributed by atoms with van der Waals surface area (Å²) in [4.78, 5) is 28.0. The van der Waals surface area contributed by atoms with Crippen LogP contribution < -0.4 is 11.1 Å². The van der Waals surface area contributed by atoms with Gasteiger partial charge in [-0.25, -0.2) is 4.98 Å². The summed E-state index contributed by atoms with van der Waals surface area (Å²) in [5, 5.41) is 3.49. The second-order valence-corrected chi connectivity index (χ2v) is 5.99. The van der Waals surface area contributed by atoms with Crippen LogP contribution in [0.2, 0.25) is 10.0 Å². The van der Waals surface area contributed by atoms with Gasteiger partial charge in [0.05, 0.1) is 15.7 Å². The summed E-state index contributed by atoms with van der Waals surface area (Å²) in [6, 6.07) is 7.82. The second-order valence-electron chi connectivity index (χ2n) is 5.14. The van der Waals surface area contributed by atoms with E-state index in [1.165, 1.54) is 12.1 Å². The van der Waals surface area contributed by atoms with E-state index in [9.17, 15) is 9.59 Å². The molecule has 2 heterocycles. The quantitative estimate of drug-likeness (QED) is 0.748. The molecule has 0 aliphatic rings. The van der Waals surface area contributed by atoms with Gasteiger partial charge in [0.1, 0.15) is 5.69 Å². The number of carbonyl (C=O) groups excluding carboxylic acids is 2. The zero-order chi connectivity index (χ0) is 17.4. The molecule has 1 aromatic carbocycles. The Bertz CT molecular complexity index is 964. The number of halogens is 2. The molecule has 2 amide bonds. The number of nitrogens with one attached hydrogen (secondary N) is 1. The molecular weight excluding hydrogens is 351 g/mol. The van der Waals surface area contributed by atoms with Gasteiger partial charge in [-0.2, -0.15) is 0 Å². The summed E-state index contributed by atoms with van der Waals surface area (Å²) < 4.78 is 1.55. The number of rotatable bonds is 3. The van der Waals surface area contributed by atoms with E-state index in [4.69, 9.17) is 28.9 Å². The van der Waals surface area contributed by atoms with E-state index < -0.39 is 5.91 Å². The highest BCUT2D eigenvalue weighted by atomic mass is 35.5. The molecule has 0 bridgehead atoms. The minimum atomic E-state index is -0.533. The number of nitrogens with zero attached hydrogens (tertiary/aromatic N) is 2. The molecule has 0 aliphatic heterocycles. The van der Waals surface area contributed by atoms with E-state index in [1.807, 2.05) is 0 Å². The number of primary amides is 1. The maximum absolute atomic E-state index is 12.6. The molecule has 0 atom stereocenters. The van der Waals surface area contributed by atoms with Crippen LogP contribution in [0.4, 0.5) is 5.69 Å². The van der Waals surface area contributed by atoms with Crippen LogP contribution in [0, 0.1) is 6.92 Å². The fourth-order valence-electron chi connectivity index (χ4n) is 2.37. The minimum absolute atomic E-state index is 0.327. The number of amides is 2. The Morgan fingerprint density at radius 2 is 1.88 bits per heavy atom. The summed E-state index contributed by atoms with van der Waals surface area (Å²) in [6.45, 7) is 1.71. The van der Waals surface area contributed by atoms with E-state index in [2.05, 4.69) is 10.3 Å². The van der Waals surface area contributed by atoms with Crippen LogP contribution in [0.5, 0.6) is 0 Å². The average molecular weight is 363 g/mol. The van der Waals surface area contributed by atoms with Crippen molar-refractivity contribution in [2.45, 2.75) is 6.92 Å². The minimum Gasteiger partial charge on any atom is -0.366 e. The fraction of sp³-hybridized carbons (Fsp3) is 0.0625. The predicted octanol–water partition coefficient (Wildman–Crippen LogP) is 3.30. The number of carbonyl (C=O) groups is 2. The standard InChI is InChI=1S/C16H12Cl2N4O2/c1-8-13(22-7-10(17)6-12(18)15(22)20-8)16(24)21-11-4-2-9(3-5-11)14(19)23/h2-7H,1H3,(H2,19,23)(H,21,24). The Kier molecular flexibility index (Phi) is 4.17. The molecule has 24 heavy (non-hydrogen) atoms. The smallest absolute Gasteiger partial charge is 0.274 e. The number of nitrogens with two attached hydrogens (primary N) is 1. The summed E-state index contributed by atoms with van der Waals surface area (Å²) in [5.74, 6) is -0.903. The number of aryl methyl sites for hydroxylation is 1. The molecule has 3 aromatic rings. The van der Waals surface area contributed by atoms with Crippen molar-refractivity contribution in [2.75, 3.05) is 5.32 Å². The van der Waals surface area contributed by atoms with Crippen molar-refractivity contribution in [2.24, 2.45) is 5.73 Å². The van der Waals surface area contributed by atoms with Gasteiger partial charge in [0.2, 0.25) is 5.91 Å². The Balaban J connectivity index is 1.97. The Labute approximate surface area is 147 Å². The summed E-state index contributed by atoms with van der Waals surface area (Å²) in [7, 11) is 0. The van der Waals surface area contributed by atoms with Gasteiger partial charge in [0.25, 0.3) is 5.91 Å². The third-order valence-corrected chi connectivity index (χ3v) is 3.94. The topological polar surface area (TPSA) is 89.5 Å². The first-order valence-corrected chi connectivity index (χ1v) is 7.67. The van der Waals surface area contributed by atoms with Gasteiger partial charge < -0.3 is 11.1 Å². The summed E-state index contributed by atoms with van der Waals surface area (Å²) in [5.41, 5.74) is 7.37. The highest BCUT2D eigenvalue weighted by molar-refractivity contribution is 6.36. The van der Waals surface area contributed by atoms with Gasteiger partial charge in [0, 0.05) is 17.4 Å². The van der Waals surface area contributed by atoms with Gasteiger partial charge in [-0.1, -0.05) is 23.2 Å². The lowest BCUT2D eigenvalue weighted by Crippen LogP contribution is -2.16. The van der Waals surface area contributed by atoms with Crippen molar-refractivity contribution in [3.63, 3.8) is 0 Å². The van der Waals surface area contributed by atoms with Crippen molar-refractivity contribution in [1.29, 1.82) is 0 Å². The highest BCUT2D eigenvalue weighted by Crippen LogP contribution is 2.25. The van der Waals surface area contributed by atoms with Crippen LogP contribution in [-0.2, 0) is 0 Å². The van der Waals surface area contributed by atoms with Crippen LogP contribution in [0.1, 0.15) is 26.5 Å². The molecule has 3 N–H and O–H groups in total. The van der Waals surface area contributed by atoms with Crippen molar-refractivity contribution in [1.82, 2.24) is 9.38 Å². The van der Waals surface area contributed by atoms with Gasteiger partial charge in [0.15, 0.2) is 5.65 Å². The number of imidazole rings is 1. The normalized spacial score (nSPS) is 10.8. The monoisotopic (exact) mass is 362 g/mol. The van der Waals surface area contributed by atoms with E-state index >= 15 is 0 Å². The third-order valence-electron chi connectivity index (χ3n) is 3.46. The fourth-order valence-corrected chi connectivity index (χ4v) is 2.88. The molecule has 0 radical (unpaired) electrons. The molecule has 2 aromatic heterocycles. The third kappa shape index (κ3) is 2.93. The average Bonchev–Trinajstić information content (AvgIpc) is 2.84. The van der Waals surface area contributed by atoms with E-state index in [0.29, 0.717) is 38.3 Å². The van der Waals surface area contributed by atoms with Gasteiger partial charge in [-0.15, -0.1) is 0 Å². The van der Waals surface area contributed by atoms with Crippen LogP contribution in [0.15, 0.2) is 36.5 Å². The molecule has 0 aliphatic carbocycles. The Hall–Kier alpha value is -2.57. The number of hydrogen-bond acceptors (Lipinski definition) is 3. The first-order valence-electron chi connectivity index (χ1n) is 6.91. The molecule has 0 fully saturated rings. The van der Waals surface area contributed by atoms with Crippen LogP contribution in [-0.4, -0.2) is 21.2 Å².